The van der Waals surface area contributed by atoms with Crippen LogP contribution in [0.1, 0.15) is 135 Å². The van der Waals surface area contributed by atoms with Crippen LogP contribution in [-0.2, 0) is 38.4 Å². The number of carbonyl (C=O) groups excluding carboxylic acids is 3. The lowest BCUT2D eigenvalue weighted by Crippen LogP contribution is -2.70. The third-order valence-corrected chi connectivity index (χ3v) is 24.2. The molecule has 1 saturated heterocycles. The lowest BCUT2D eigenvalue weighted by atomic mass is 9.45. The molecule has 498 valence electrons. The van der Waals surface area contributed by atoms with Crippen LogP contribution in [-0.4, -0.2) is 136 Å². The smallest absolute Gasteiger partial charge is 0.318 e. The molecule has 5 aliphatic carbocycles. The first-order valence-corrected chi connectivity index (χ1v) is 34.5. The number of cyclic esters (lactones) is 1. The van der Waals surface area contributed by atoms with Gasteiger partial charge in [-0.25, -0.2) is 0 Å². The molecule has 6 heterocycles. The van der Waals surface area contributed by atoms with Crippen LogP contribution in [0.15, 0.2) is 97.2 Å². The number of allylic oxidation sites excluding steroid dienone is 1. The fourth-order valence-electron chi connectivity index (χ4n) is 20.8. The number of nitrogens with zero attached hydrogens (tertiary/aromatic N) is 1. The molecule has 18 heteroatoms. The molecule has 4 saturated carbocycles. The number of methoxy groups -OCH3 is 1. The summed E-state index contributed by atoms with van der Waals surface area (Å²) < 4.78 is 20.3. The number of Topliss-reactive ketones (excluding diaryl/α,β-unsaturated/α-hetero) is 1. The van der Waals surface area contributed by atoms with Crippen molar-refractivity contribution >= 4 is 45.5 Å². The highest BCUT2D eigenvalue weighted by Crippen LogP contribution is 2.73. The zero-order valence-corrected chi connectivity index (χ0v) is 53.6. The lowest BCUT2D eigenvalue weighted by molar-refractivity contribution is -0.155. The van der Waals surface area contributed by atoms with E-state index in [1.54, 1.807) is 18.2 Å². The molecule has 8 aliphatic rings. The number of ketones is 1. The SMILES string of the molecule is COc1cc2c(cc1O)C1=CC3CC4(CC5(NC6C(O)CCCC6C6CCc7ccc(O)cc7-c7cc8[nH]ccc8n7C65)C(CCCO)C4C=O)C4CC(O)CCC4C3C2CC(=O)CC(C(O)Cc2ccc(O)c(OCCO)c2)OC(=O)CC#CCc2c1[nH]c1ccccc21. The molecule has 0 amide bonds. The highest BCUT2D eigenvalue weighted by atomic mass is 16.6. The van der Waals surface area contributed by atoms with Crippen LogP contribution in [0, 0.1) is 64.6 Å². The number of hydrogen-bond donors (Lipinski definition) is 11. The molecule has 3 aliphatic heterocycles. The van der Waals surface area contributed by atoms with Crippen LogP contribution >= 0.6 is 0 Å². The molecule has 95 heavy (non-hydrogen) atoms. The number of phenolic OH excluding ortho intramolecular Hbond substituents is 3. The average Bonchev–Trinajstić information content (AvgIpc) is 1.53. The Hall–Kier alpha value is -7.89. The van der Waals surface area contributed by atoms with Crippen molar-refractivity contribution in [1.29, 1.82) is 0 Å². The molecular weight excluding hydrogens is 1200 g/mol. The number of benzene rings is 4. The van der Waals surface area contributed by atoms with E-state index in [1.165, 1.54) is 25.5 Å². The van der Waals surface area contributed by atoms with Crippen LogP contribution in [0.5, 0.6) is 28.7 Å². The van der Waals surface area contributed by atoms with Crippen LogP contribution in [0.4, 0.5) is 0 Å². The molecule has 17 atom stereocenters. The Kier molecular flexibility index (Phi) is 16.8. The molecule has 2 spiro atoms. The van der Waals surface area contributed by atoms with Gasteiger partial charge in [0.05, 0.1) is 60.5 Å². The largest absolute Gasteiger partial charge is 0.508 e. The number of aliphatic hydroxyl groups excluding tert-OH is 5. The maximum atomic E-state index is 15.8. The normalized spacial score (nSPS) is 32.1. The second-order valence-corrected chi connectivity index (χ2v) is 28.9. The Morgan fingerprint density at radius 1 is 0.853 bits per heavy atom. The Bertz CT molecular complexity index is 4210. The molecule has 3 aromatic heterocycles. The van der Waals surface area contributed by atoms with Gasteiger partial charge < -0.3 is 79.7 Å². The van der Waals surface area contributed by atoms with Gasteiger partial charge in [0, 0.05) is 78.0 Å². The summed E-state index contributed by atoms with van der Waals surface area (Å²) in [6.45, 7) is -0.484. The molecule has 5 fully saturated rings. The first-order valence-electron chi connectivity index (χ1n) is 34.5. The number of H-pyrrole nitrogens is 2. The zero-order valence-electron chi connectivity index (χ0n) is 53.6. The van der Waals surface area contributed by atoms with Gasteiger partial charge in [0.2, 0.25) is 0 Å². The summed E-state index contributed by atoms with van der Waals surface area (Å²) in [5.74, 6) is 2.72. The number of nitrogens with one attached hydrogen (secondary N) is 3. The van der Waals surface area contributed by atoms with Gasteiger partial charge in [0.1, 0.15) is 37.0 Å². The van der Waals surface area contributed by atoms with Crippen molar-refractivity contribution in [2.45, 2.75) is 157 Å². The summed E-state index contributed by atoms with van der Waals surface area (Å²) >= 11 is 0. The summed E-state index contributed by atoms with van der Waals surface area (Å²) in [4.78, 5) is 52.7. The van der Waals surface area contributed by atoms with Crippen molar-refractivity contribution in [2.24, 2.45) is 52.8 Å². The summed E-state index contributed by atoms with van der Waals surface area (Å²) in [5, 5.41) is 97.3. The van der Waals surface area contributed by atoms with Gasteiger partial charge in [-0.05, 0) is 206 Å². The number of phenols is 3. The van der Waals surface area contributed by atoms with Crippen molar-refractivity contribution < 1.29 is 69.4 Å². The second kappa shape index (κ2) is 25.3. The molecule has 4 aromatic carbocycles. The van der Waals surface area contributed by atoms with E-state index in [9.17, 15) is 45.6 Å². The van der Waals surface area contributed by atoms with Gasteiger partial charge in [-0.3, -0.25) is 9.59 Å². The number of aromatic hydroxyl groups is 3. The number of aromatic nitrogens is 3. The fourth-order valence-corrected chi connectivity index (χ4v) is 20.8. The highest BCUT2D eigenvalue weighted by molar-refractivity contribution is 5.95. The van der Waals surface area contributed by atoms with Crippen molar-refractivity contribution in [3.63, 3.8) is 0 Å². The monoisotopic (exact) mass is 1290 g/mol. The van der Waals surface area contributed by atoms with Gasteiger partial charge in [0.25, 0.3) is 0 Å². The van der Waals surface area contributed by atoms with E-state index in [4.69, 9.17) is 14.2 Å². The molecule has 17 unspecified atom stereocenters. The first-order chi connectivity index (χ1) is 46.1. The van der Waals surface area contributed by atoms with Gasteiger partial charge in [-0.15, -0.1) is 0 Å². The number of aliphatic hydroxyl groups is 5. The first kappa shape index (κ1) is 63.2. The van der Waals surface area contributed by atoms with Gasteiger partial charge >= 0.3 is 5.97 Å². The van der Waals surface area contributed by atoms with Crippen molar-refractivity contribution in [1.82, 2.24) is 19.9 Å². The van der Waals surface area contributed by atoms with E-state index in [-0.39, 0.29) is 140 Å². The zero-order chi connectivity index (χ0) is 65.6. The van der Waals surface area contributed by atoms with Crippen molar-refractivity contribution in [3.8, 4) is 51.8 Å². The standard InChI is InChI=1S/C77H86N4O14/c1-93-68-36-54-53(35-67(68)91)56-30-43-38-76(40-77(57(11-7-25-82)59(76)39-84)75-50(49-10-6-13-65(89)74(49)80-77)20-17-42-16-18-44(85)31-52(42)63-37-61-62(81(63)75)23-24-78-61)58-33-45(86)19-21-51(58)72(43)55(54)32-46(87)34-70(66(90)28-41-15-22-64(88)69(29-41)94-27-26-83)95-71(92)14-5-3-9-48-47-8-2-4-12-60(47)79-73(48)56/h2,4,8,12,15-16,18,22-24,29-31,35-37,39,43,45,49-51,55,57-59,65-66,70,72,74-75,78-80,82-83,85-86,88-91H,6-7,9-11,13-14,17,19-21,25-28,32-34,38,40H2,1H3. The molecule has 15 rings (SSSR count). The van der Waals surface area contributed by atoms with Crippen LogP contribution in [0.25, 0.3) is 38.8 Å². The number of esters is 1. The van der Waals surface area contributed by atoms with E-state index in [0.29, 0.717) is 62.5 Å². The van der Waals surface area contributed by atoms with E-state index in [0.717, 1.165) is 86.8 Å². The maximum absolute atomic E-state index is 15.8. The van der Waals surface area contributed by atoms with E-state index in [2.05, 4.69) is 49.9 Å². The van der Waals surface area contributed by atoms with Crippen LogP contribution in [0.2, 0.25) is 0 Å². The topological polar surface area (TPSA) is 289 Å². The van der Waals surface area contributed by atoms with Gasteiger partial charge in [-0.2, -0.15) is 0 Å². The third kappa shape index (κ3) is 10.7. The number of fused-ring (bicyclic) bond motifs is 19. The quantitative estimate of drug-likeness (QED) is 0.0327. The Morgan fingerprint density at radius 3 is 2.54 bits per heavy atom. The Labute approximate surface area is 551 Å². The Balaban J connectivity index is 0.938. The molecular formula is C77H86N4O14. The summed E-state index contributed by atoms with van der Waals surface area (Å²) in [7, 11) is 1.50. The predicted molar refractivity (Wildman–Crippen MR) is 355 cm³/mol. The molecule has 11 N–H and O–H groups in total. The molecule has 0 radical (unpaired) electrons. The minimum absolute atomic E-state index is 0.00753. The number of aromatic amines is 2. The number of aldehydes is 1. The molecule has 18 nitrogen and oxygen atoms in total. The number of rotatable bonds is 11. The number of aryl methyl sites for hydroxylation is 1. The third-order valence-electron chi connectivity index (χ3n) is 24.2. The Morgan fingerprint density at radius 2 is 1.71 bits per heavy atom. The molecule has 2 bridgehead atoms. The summed E-state index contributed by atoms with van der Waals surface area (Å²) in [6, 6.07) is 25.6. The highest BCUT2D eigenvalue weighted by Gasteiger charge is 2.72. The number of carbonyl (C=O) groups is 3. The van der Waals surface area contributed by atoms with Crippen LogP contribution in [0.3, 0.4) is 0 Å². The number of hydrogen-bond acceptors (Lipinski definition) is 15. The average molecular weight is 1290 g/mol. The van der Waals surface area contributed by atoms with Crippen molar-refractivity contribution in [2.75, 3.05) is 26.9 Å². The minimum Gasteiger partial charge on any atom is -0.508 e. The number of para-hydroxylation sites is 1. The van der Waals surface area contributed by atoms with Gasteiger partial charge in [-0.1, -0.05) is 54.7 Å². The maximum Gasteiger partial charge on any atom is 0.318 e. The lowest BCUT2D eigenvalue weighted by Gasteiger charge is -2.61. The summed E-state index contributed by atoms with van der Waals surface area (Å²) in [6.07, 6.45) is 7.88. The van der Waals surface area contributed by atoms with E-state index >= 15 is 9.59 Å². The number of piperidine rings is 1. The minimum atomic E-state index is -1.42. The predicted octanol–water partition coefficient (Wildman–Crippen LogP) is 9.64. The van der Waals surface area contributed by atoms with Crippen molar-refractivity contribution in [3.05, 3.63) is 131 Å². The fraction of sp³-hybridized carbons (Fsp3) is 0.494. The second-order valence-electron chi connectivity index (χ2n) is 28.9. The van der Waals surface area contributed by atoms with E-state index in [1.807, 2.05) is 48.7 Å². The van der Waals surface area contributed by atoms with Crippen LogP contribution < -0.4 is 14.8 Å². The number of ether oxygens (including phenoxy) is 3. The molecule has 7 aromatic rings. The van der Waals surface area contributed by atoms with Gasteiger partial charge in [0.15, 0.2) is 23.0 Å². The van der Waals surface area contributed by atoms with E-state index < -0.39 is 53.2 Å². The summed E-state index contributed by atoms with van der Waals surface area (Å²) in [5.41, 5.74) is 8.40.